The highest BCUT2D eigenvalue weighted by molar-refractivity contribution is 5.82. The Morgan fingerprint density at radius 2 is 1.62 bits per heavy atom. The fraction of sp³-hybridized carbons (Fsp3) is 0.158. The van der Waals surface area contributed by atoms with E-state index in [9.17, 15) is 17.6 Å². The van der Waals surface area contributed by atoms with Crippen molar-refractivity contribution in [1.82, 2.24) is 25.0 Å². The number of halogens is 4. The van der Waals surface area contributed by atoms with Gasteiger partial charge in [-0.2, -0.15) is 13.2 Å². The Kier molecular flexibility index (Phi) is 4.83. The van der Waals surface area contributed by atoms with Gasteiger partial charge in [0.15, 0.2) is 17.0 Å². The predicted octanol–water partition coefficient (Wildman–Crippen LogP) is 4.04. The summed E-state index contributed by atoms with van der Waals surface area (Å²) in [5.41, 5.74) is 1.60. The summed E-state index contributed by atoms with van der Waals surface area (Å²) in [6.45, 7) is 0.346. The zero-order valence-electron chi connectivity index (χ0n) is 14.9. The lowest BCUT2D eigenvalue weighted by molar-refractivity contribution is -0.144. The van der Waals surface area contributed by atoms with E-state index in [4.69, 9.17) is 0 Å². The lowest BCUT2D eigenvalue weighted by Crippen LogP contribution is -2.15. The van der Waals surface area contributed by atoms with E-state index in [1.165, 1.54) is 28.9 Å². The first-order chi connectivity index (χ1) is 13.9. The number of anilines is 1. The maximum absolute atomic E-state index is 13.3. The van der Waals surface area contributed by atoms with E-state index in [0.717, 1.165) is 5.56 Å². The molecule has 29 heavy (non-hydrogen) atoms. The number of hydrogen-bond donors (Lipinski definition) is 1. The van der Waals surface area contributed by atoms with Crippen molar-refractivity contribution in [2.24, 2.45) is 0 Å². The minimum absolute atomic E-state index is 0.0298. The van der Waals surface area contributed by atoms with Crippen LogP contribution in [0.25, 0.3) is 11.2 Å². The lowest BCUT2D eigenvalue weighted by Gasteiger charge is -2.10. The van der Waals surface area contributed by atoms with Gasteiger partial charge in [0.25, 0.3) is 0 Å². The van der Waals surface area contributed by atoms with Gasteiger partial charge in [-0.3, -0.25) is 0 Å². The first-order valence-electron chi connectivity index (χ1n) is 8.61. The van der Waals surface area contributed by atoms with Crippen LogP contribution in [0.5, 0.6) is 0 Å². The number of nitrogens with zero attached hydrogens (tertiary/aromatic N) is 5. The minimum atomic E-state index is -4.73. The smallest absolute Gasteiger partial charge is 0.364 e. The zero-order chi connectivity index (χ0) is 20.4. The van der Waals surface area contributed by atoms with E-state index < -0.39 is 17.8 Å². The van der Waals surface area contributed by atoms with E-state index in [0.29, 0.717) is 5.56 Å². The van der Waals surface area contributed by atoms with Crippen molar-refractivity contribution in [2.75, 3.05) is 5.32 Å². The largest absolute Gasteiger partial charge is 0.451 e. The maximum atomic E-state index is 13.3. The summed E-state index contributed by atoms with van der Waals surface area (Å²) in [6, 6.07) is 14.7. The van der Waals surface area contributed by atoms with Gasteiger partial charge in [-0.15, -0.1) is 5.10 Å². The molecule has 1 N–H and O–H groups in total. The van der Waals surface area contributed by atoms with Crippen molar-refractivity contribution in [3.8, 4) is 0 Å². The molecular weight excluding hydrogens is 388 g/mol. The third-order valence-electron chi connectivity index (χ3n) is 4.16. The van der Waals surface area contributed by atoms with Crippen molar-refractivity contribution >= 4 is 17.0 Å². The average Bonchev–Trinajstić information content (AvgIpc) is 3.10. The van der Waals surface area contributed by atoms with E-state index >= 15 is 0 Å². The van der Waals surface area contributed by atoms with Gasteiger partial charge >= 0.3 is 6.18 Å². The van der Waals surface area contributed by atoms with Gasteiger partial charge in [-0.1, -0.05) is 47.7 Å². The minimum Gasteiger partial charge on any atom is -0.364 e. The number of nitrogens with one attached hydrogen (secondary N) is 1. The number of benzene rings is 2. The number of fused-ring (bicyclic) bond motifs is 1. The molecule has 0 fully saturated rings. The normalized spacial score (nSPS) is 11.7. The molecule has 0 saturated heterocycles. The van der Waals surface area contributed by atoms with E-state index in [1.54, 1.807) is 0 Å². The summed E-state index contributed by atoms with van der Waals surface area (Å²) in [7, 11) is 0. The summed E-state index contributed by atoms with van der Waals surface area (Å²) in [5, 5.41) is 10.7. The Bertz CT molecular complexity index is 1120. The molecule has 0 unspecified atom stereocenters. The van der Waals surface area contributed by atoms with Crippen molar-refractivity contribution in [2.45, 2.75) is 19.3 Å². The predicted molar refractivity (Wildman–Crippen MR) is 97.4 cm³/mol. The molecule has 0 atom stereocenters. The molecule has 0 aliphatic carbocycles. The first kappa shape index (κ1) is 18.8. The third-order valence-corrected chi connectivity index (χ3v) is 4.16. The van der Waals surface area contributed by atoms with Gasteiger partial charge in [0, 0.05) is 6.54 Å². The van der Waals surface area contributed by atoms with E-state index in [-0.39, 0.29) is 30.1 Å². The van der Waals surface area contributed by atoms with Crippen LogP contribution < -0.4 is 5.32 Å². The summed E-state index contributed by atoms with van der Waals surface area (Å²) < 4.78 is 54.3. The summed E-state index contributed by atoms with van der Waals surface area (Å²) in [5.74, 6) is -1.78. The van der Waals surface area contributed by atoms with Crippen molar-refractivity contribution in [1.29, 1.82) is 0 Å². The van der Waals surface area contributed by atoms with Crippen molar-refractivity contribution in [3.63, 3.8) is 0 Å². The molecular formula is C19H14F4N6. The molecule has 0 aliphatic rings. The van der Waals surface area contributed by atoms with Crippen LogP contribution >= 0.6 is 0 Å². The SMILES string of the molecule is Fc1ccc(CNc2nc(C(F)(F)F)nc3c2nnn3Cc2ccccc2)cc1. The molecule has 0 aliphatic heterocycles. The average molecular weight is 402 g/mol. The summed E-state index contributed by atoms with van der Waals surface area (Å²) in [4.78, 5) is 7.23. The summed E-state index contributed by atoms with van der Waals surface area (Å²) >= 11 is 0. The fourth-order valence-corrected chi connectivity index (χ4v) is 2.76. The highest BCUT2D eigenvalue weighted by atomic mass is 19.4. The second-order valence-corrected chi connectivity index (χ2v) is 6.28. The molecule has 0 radical (unpaired) electrons. The molecule has 0 bridgehead atoms. The number of rotatable bonds is 5. The van der Waals surface area contributed by atoms with Gasteiger partial charge < -0.3 is 5.32 Å². The number of hydrogen-bond acceptors (Lipinski definition) is 5. The van der Waals surface area contributed by atoms with Crippen LogP contribution in [-0.4, -0.2) is 25.0 Å². The van der Waals surface area contributed by atoms with Crippen LogP contribution in [0.1, 0.15) is 17.0 Å². The van der Waals surface area contributed by atoms with E-state index in [1.807, 2.05) is 30.3 Å². The molecule has 4 rings (SSSR count). The van der Waals surface area contributed by atoms with Gasteiger partial charge in [0.05, 0.1) is 6.54 Å². The number of aromatic nitrogens is 5. The third kappa shape index (κ3) is 4.15. The van der Waals surface area contributed by atoms with E-state index in [2.05, 4.69) is 25.6 Å². The molecule has 0 amide bonds. The molecule has 2 aromatic heterocycles. The highest BCUT2D eigenvalue weighted by Crippen LogP contribution is 2.30. The van der Waals surface area contributed by atoms with Gasteiger partial charge in [0.1, 0.15) is 5.82 Å². The molecule has 10 heteroatoms. The van der Waals surface area contributed by atoms with Gasteiger partial charge in [-0.25, -0.2) is 19.0 Å². The Hall–Kier alpha value is -3.56. The quantitative estimate of drug-likeness (QED) is 0.511. The monoisotopic (exact) mass is 402 g/mol. The first-order valence-corrected chi connectivity index (χ1v) is 8.61. The molecule has 6 nitrogen and oxygen atoms in total. The van der Waals surface area contributed by atoms with Crippen LogP contribution in [0.4, 0.5) is 23.4 Å². The van der Waals surface area contributed by atoms with Crippen LogP contribution in [0.2, 0.25) is 0 Å². The second kappa shape index (κ2) is 7.46. The topological polar surface area (TPSA) is 68.5 Å². The molecule has 2 heterocycles. The van der Waals surface area contributed by atoms with Crippen LogP contribution in [-0.2, 0) is 19.3 Å². The Labute approximate surface area is 162 Å². The van der Waals surface area contributed by atoms with Gasteiger partial charge in [0.2, 0.25) is 5.82 Å². The molecule has 2 aromatic carbocycles. The number of alkyl halides is 3. The van der Waals surface area contributed by atoms with Crippen molar-refractivity contribution in [3.05, 3.63) is 77.4 Å². The Morgan fingerprint density at radius 1 is 0.897 bits per heavy atom. The van der Waals surface area contributed by atoms with Gasteiger partial charge in [-0.05, 0) is 23.3 Å². The van der Waals surface area contributed by atoms with Crippen LogP contribution in [0.3, 0.4) is 0 Å². The molecule has 148 valence electrons. The molecule has 0 saturated carbocycles. The fourth-order valence-electron chi connectivity index (χ4n) is 2.76. The Balaban J connectivity index is 1.71. The standard InChI is InChI=1S/C19H14F4N6/c20-14-8-6-12(7-9-14)10-24-16-15-17(26-18(25-16)19(21,22)23)29(28-27-15)11-13-4-2-1-3-5-13/h1-9H,10-11H2,(H,24,25,26). The van der Waals surface area contributed by atoms with Crippen LogP contribution in [0, 0.1) is 5.82 Å². The second-order valence-electron chi connectivity index (χ2n) is 6.28. The molecule has 0 spiro atoms. The zero-order valence-corrected chi connectivity index (χ0v) is 14.9. The maximum Gasteiger partial charge on any atom is 0.451 e. The van der Waals surface area contributed by atoms with Crippen molar-refractivity contribution < 1.29 is 17.6 Å². The Morgan fingerprint density at radius 3 is 2.31 bits per heavy atom. The lowest BCUT2D eigenvalue weighted by atomic mass is 10.2. The van der Waals surface area contributed by atoms with Crippen LogP contribution in [0.15, 0.2) is 54.6 Å². The summed E-state index contributed by atoms with van der Waals surface area (Å²) in [6.07, 6.45) is -4.73. The highest BCUT2D eigenvalue weighted by Gasteiger charge is 2.36. The molecule has 4 aromatic rings.